The van der Waals surface area contributed by atoms with Gasteiger partial charge in [0.25, 0.3) is 0 Å². The van der Waals surface area contributed by atoms with E-state index in [4.69, 9.17) is 13.9 Å². The molecule has 2 heterocycles. The fraction of sp³-hybridized carbons (Fsp3) is 0.320. The van der Waals surface area contributed by atoms with E-state index in [9.17, 15) is 22.8 Å². The van der Waals surface area contributed by atoms with Crippen molar-refractivity contribution in [1.29, 1.82) is 0 Å². The van der Waals surface area contributed by atoms with Crippen LogP contribution in [0.1, 0.15) is 24.5 Å². The molecule has 0 radical (unpaired) electrons. The molecule has 0 aliphatic carbocycles. The van der Waals surface area contributed by atoms with Crippen molar-refractivity contribution in [2.75, 3.05) is 31.6 Å². The summed E-state index contributed by atoms with van der Waals surface area (Å²) in [6, 6.07) is 12.6. The van der Waals surface area contributed by atoms with Crippen LogP contribution in [0.25, 0.3) is 11.0 Å². The molecule has 11 heteroatoms. The summed E-state index contributed by atoms with van der Waals surface area (Å²) in [7, 11) is -3.57. The summed E-state index contributed by atoms with van der Waals surface area (Å²) in [5.74, 6) is -0.716. The number of hydrogen-bond donors (Lipinski definition) is 1. The number of aryl methyl sites for hydroxylation is 1. The van der Waals surface area contributed by atoms with E-state index in [-0.39, 0.29) is 29.4 Å². The SMILES string of the molecule is CC(=O)Nc1ccc2c(COC(=O)CCc3ccc(S(=O)(=O)N4CCOCC4)cc3)cc(=O)oc2c1. The number of rotatable bonds is 8. The Labute approximate surface area is 207 Å². The van der Waals surface area contributed by atoms with Crippen LogP contribution in [0.4, 0.5) is 5.69 Å². The van der Waals surface area contributed by atoms with Crippen LogP contribution in [0, 0.1) is 0 Å². The molecule has 36 heavy (non-hydrogen) atoms. The van der Waals surface area contributed by atoms with E-state index in [2.05, 4.69) is 5.32 Å². The van der Waals surface area contributed by atoms with Gasteiger partial charge in [0.05, 0.1) is 18.1 Å². The molecule has 190 valence electrons. The summed E-state index contributed by atoms with van der Waals surface area (Å²) in [6.45, 7) is 2.66. The number of anilines is 1. The Morgan fingerprint density at radius 2 is 1.78 bits per heavy atom. The normalized spacial score (nSPS) is 14.5. The number of carbonyl (C=O) groups is 2. The molecule has 0 saturated carbocycles. The number of benzene rings is 2. The summed E-state index contributed by atoms with van der Waals surface area (Å²) in [4.78, 5) is 35.7. The van der Waals surface area contributed by atoms with Crippen LogP contribution in [0.15, 0.2) is 62.6 Å². The number of hydrogen-bond acceptors (Lipinski definition) is 8. The molecule has 0 spiro atoms. The van der Waals surface area contributed by atoms with Gasteiger partial charge < -0.3 is 19.2 Å². The van der Waals surface area contributed by atoms with E-state index >= 15 is 0 Å². The number of esters is 1. The van der Waals surface area contributed by atoms with Gasteiger partial charge in [0, 0.05) is 55.2 Å². The Balaban J connectivity index is 1.35. The maximum Gasteiger partial charge on any atom is 0.336 e. The fourth-order valence-corrected chi connectivity index (χ4v) is 5.28. The molecule has 4 rings (SSSR count). The quantitative estimate of drug-likeness (QED) is 0.358. The molecule has 1 saturated heterocycles. The average molecular weight is 515 g/mol. The van der Waals surface area contributed by atoms with Crippen molar-refractivity contribution in [1.82, 2.24) is 4.31 Å². The molecule has 0 bridgehead atoms. The first-order valence-corrected chi connectivity index (χ1v) is 12.8. The highest BCUT2D eigenvalue weighted by Crippen LogP contribution is 2.22. The van der Waals surface area contributed by atoms with Crippen LogP contribution in [-0.2, 0) is 42.1 Å². The number of amides is 1. The number of nitrogens with zero attached hydrogens (tertiary/aromatic N) is 1. The standard InChI is InChI=1S/C25H26N2O8S/c1-17(28)26-20-5-8-22-19(14-25(30)35-23(22)15-20)16-34-24(29)9-4-18-2-6-21(7-3-18)36(31,32)27-10-12-33-13-11-27/h2-3,5-8,14-15H,4,9-13,16H2,1H3,(H,26,28). The van der Waals surface area contributed by atoms with Gasteiger partial charge in [-0.05, 0) is 36.2 Å². The topological polar surface area (TPSA) is 132 Å². The smallest absolute Gasteiger partial charge is 0.336 e. The highest BCUT2D eigenvalue weighted by Gasteiger charge is 2.26. The number of morpholine rings is 1. The van der Waals surface area contributed by atoms with Crippen LogP contribution in [0.5, 0.6) is 0 Å². The molecule has 2 aromatic carbocycles. The Morgan fingerprint density at radius 3 is 2.47 bits per heavy atom. The predicted molar refractivity (Wildman–Crippen MR) is 131 cm³/mol. The van der Waals surface area contributed by atoms with Gasteiger partial charge in [-0.3, -0.25) is 9.59 Å². The Bertz CT molecular complexity index is 1420. The lowest BCUT2D eigenvalue weighted by atomic mass is 10.1. The molecule has 0 unspecified atom stereocenters. The third-order valence-corrected chi connectivity index (χ3v) is 7.60. The highest BCUT2D eigenvalue weighted by molar-refractivity contribution is 7.89. The summed E-state index contributed by atoms with van der Waals surface area (Å²) in [6.07, 6.45) is 0.454. The Hall–Kier alpha value is -3.54. The van der Waals surface area contributed by atoms with Crippen molar-refractivity contribution in [3.63, 3.8) is 0 Å². The fourth-order valence-electron chi connectivity index (χ4n) is 3.87. The van der Waals surface area contributed by atoms with Gasteiger partial charge >= 0.3 is 11.6 Å². The summed E-state index contributed by atoms with van der Waals surface area (Å²) in [5, 5.41) is 3.21. The third kappa shape index (κ3) is 6.17. The van der Waals surface area contributed by atoms with Gasteiger partial charge in [-0.2, -0.15) is 4.31 Å². The minimum absolute atomic E-state index is 0.0849. The van der Waals surface area contributed by atoms with Gasteiger partial charge in [0.1, 0.15) is 12.2 Å². The number of fused-ring (bicyclic) bond motifs is 1. The second kappa shape index (κ2) is 11.0. The molecule has 1 aromatic heterocycles. The van der Waals surface area contributed by atoms with Crippen LogP contribution in [-0.4, -0.2) is 50.9 Å². The van der Waals surface area contributed by atoms with Crippen molar-refractivity contribution in [3.05, 3.63) is 70.1 Å². The van der Waals surface area contributed by atoms with Crippen LogP contribution >= 0.6 is 0 Å². The first-order chi connectivity index (χ1) is 17.2. The first kappa shape index (κ1) is 25.5. The van der Waals surface area contributed by atoms with E-state index in [0.29, 0.717) is 49.4 Å². The summed E-state index contributed by atoms with van der Waals surface area (Å²) < 4.78 is 42.6. The molecule has 1 N–H and O–H groups in total. The molecular weight excluding hydrogens is 488 g/mol. The molecule has 0 atom stereocenters. The molecular formula is C25H26N2O8S. The van der Waals surface area contributed by atoms with Gasteiger partial charge in [0.2, 0.25) is 15.9 Å². The Morgan fingerprint density at radius 1 is 1.06 bits per heavy atom. The van der Waals surface area contributed by atoms with Crippen molar-refractivity contribution in [2.45, 2.75) is 31.3 Å². The second-order valence-corrected chi connectivity index (χ2v) is 10.2. The van der Waals surface area contributed by atoms with Gasteiger partial charge in [-0.1, -0.05) is 12.1 Å². The van der Waals surface area contributed by atoms with E-state index in [1.54, 1.807) is 24.3 Å². The maximum absolute atomic E-state index is 12.7. The number of nitrogens with one attached hydrogen (secondary N) is 1. The summed E-state index contributed by atoms with van der Waals surface area (Å²) >= 11 is 0. The zero-order valence-corrected chi connectivity index (χ0v) is 20.5. The summed E-state index contributed by atoms with van der Waals surface area (Å²) in [5.41, 5.74) is 1.44. The van der Waals surface area contributed by atoms with Gasteiger partial charge in [-0.15, -0.1) is 0 Å². The molecule has 3 aromatic rings. The van der Waals surface area contributed by atoms with Crippen LogP contribution < -0.4 is 10.9 Å². The third-order valence-electron chi connectivity index (χ3n) is 5.69. The molecule has 1 fully saturated rings. The van der Waals surface area contributed by atoms with Gasteiger partial charge in [0.15, 0.2) is 0 Å². The minimum Gasteiger partial charge on any atom is -0.461 e. The van der Waals surface area contributed by atoms with Crippen LogP contribution in [0.3, 0.4) is 0 Å². The number of ether oxygens (including phenoxy) is 2. The van der Waals surface area contributed by atoms with E-state index in [1.807, 2.05) is 0 Å². The lowest BCUT2D eigenvalue weighted by molar-refractivity contribution is -0.144. The van der Waals surface area contributed by atoms with Crippen LogP contribution in [0.2, 0.25) is 0 Å². The predicted octanol–water partition coefficient (Wildman–Crippen LogP) is 2.45. The largest absolute Gasteiger partial charge is 0.461 e. The zero-order valence-electron chi connectivity index (χ0n) is 19.7. The van der Waals surface area contributed by atoms with Crippen molar-refractivity contribution < 1.29 is 31.9 Å². The molecule has 1 aliphatic rings. The lowest BCUT2D eigenvalue weighted by Gasteiger charge is -2.26. The highest BCUT2D eigenvalue weighted by atomic mass is 32.2. The zero-order chi connectivity index (χ0) is 25.7. The minimum atomic E-state index is -3.57. The molecule has 10 nitrogen and oxygen atoms in total. The first-order valence-electron chi connectivity index (χ1n) is 11.4. The monoisotopic (exact) mass is 514 g/mol. The molecule has 1 amide bonds. The van der Waals surface area contributed by atoms with Crippen molar-refractivity contribution >= 4 is 38.6 Å². The molecule has 1 aliphatic heterocycles. The number of sulfonamides is 1. The van der Waals surface area contributed by atoms with E-state index < -0.39 is 21.6 Å². The number of carbonyl (C=O) groups excluding carboxylic acids is 2. The second-order valence-electron chi connectivity index (χ2n) is 8.30. The van der Waals surface area contributed by atoms with Gasteiger partial charge in [-0.25, -0.2) is 13.2 Å². The van der Waals surface area contributed by atoms with Crippen molar-refractivity contribution in [2.24, 2.45) is 0 Å². The van der Waals surface area contributed by atoms with E-state index in [1.165, 1.54) is 35.5 Å². The Kier molecular flexibility index (Phi) is 7.82. The lowest BCUT2D eigenvalue weighted by Crippen LogP contribution is -2.40. The maximum atomic E-state index is 12.7. The van der Waals surface area contributed by atoms with Crippen molar-refractivity contribution in [3.8, 4) is 0 Å². The average Bonchev–Trinajstić information content (AvgIpc) is 2.86. The van der Waals surface area contributed by atoms with E-state index in [0.717, 1.165) is 5.56 Å².